The minimum Gasteiger partial charge on any atom is -0.314 e. The predicted molar refractivity (Wildman–Crippen MR) is 65.3 cm³/mol. The molecule has 0 spiro atoms. The van der Waals surface area contributed by atoms with Crippen molar-refractivity contribution in [1.29, 1.82) is 0 Å². The van der Waals surface area contributed by atoms with Gasteiger partial charge in [-0.2, -0.15) is 4.37 Å². The number of aromatic nitrogens is 2. The summed E-state index contributed by atoms with van der Waals surface area (Å²) in [5.74, 6) is 1.62. The molecule has 1 rings (SSSR count). The Hall–Kier alpha value is -0.480. The fraction of sp³-hybridized carbons (Fsp3) is 0.818. The van der Waals surface area contributed by atoms with Crippen molar-refractivity contribution >= 4 is 11.5 Å². The van der Waals surface area contributed by atoms with E-state index in [1.54, 1.807) is 11.5 Å². The molecule has 0 saturated carbocycles. The van der Waals surface area contributed by atoms with Crippen molar-refractivity contribution in [1.82, 2.24) is 14.7 Å². The summed E-state index contributed by atoms with van der Waals surface area (Å²) in [5, 5.41) is 4.66. The fourth-order valence-corrected chi connectivity index (χ4v) is 2.29. The van der Waals surface area contributed by atoms with Crippen LogP contribution in [-0.2, 0) is 12.8 Å². The van der Waals surface area contributed by atoms with E-state index in [4.69, 9.17) is 0 Å². The quantitative estimate of drug-likeness (QED) is 0.810. The Bertz CT molecular complexity index is 283. The molecule has 0 aliphatic rings. The summed E-state index contributed by atoms with van der Waals surface area (Å²) in [7, 11) is 0. The lowest BCUT2D eigenvalue weighted by atomic mass is 10.0. The molecule has 1 N–H and O–H groups in total. The Morgan fingerprint density at radius 1 is 1.33 bits per heavy atom. The lowest BCUT2D eigenvalue weighted by molar-refractivity contribution is 0.404. The summed E-state index contributed by atoms with van der Waals surface area (Å²) in [5.41, 5.74) is 0. The molecule has 0 radical (unpaired) electrons. The first-order valence-electron chi connectivity index (χ1n) is 5.72. The van der Waals surface area contributed by atoms with E-state index in [9.17, 15) is 0 Å². The second-order valence-electron chi connectivity index (χ2n) is 4.07. The summed E-state index contributed by atoms with van der Waals surface area (Å²) in [4.78, 5) is 4.50. The van der Waals surface area contributed by atoms with Crippen molar-refractivity contribution in [3.05, 3.63) is 10.8 Å². The molecule has 1 atom stereocenters. The molecular formula is C11H21N3S. The van der Waals surface area contributed by atoms with Crippen molar-refractivity contribution in [3.8, 4) is 0 Å². The van der Waals surface area contributed by atoms with E-state index in [0.717, 1.165) is 30.2 Å². The number of nitrogens with one attached hydrogen (secondary N) is 1. The van der Waals surface area contributed by atoms with Crippen LogP contribution in [0.3, 0.4) is 0 Å². The topological polar surface area (TPSA) is 37.8 Å². The van der Waals surface area contributed by atoms with Crippen molar-refractivity contribution < 1.29 is 0 Å². The van der Waals surface area contributed by atoms with Gasteiger partial charge in [0, 0.05) is 18.9 Å². The molecule has 0 aliphatic heterocycles. The number of hydrogen-bond acceptors (Lipinski definition) is 4. The van der Waals surface area contributed by atoms with Gasteiger partial charge in [-0.15, -0.1) is 0 Å². The van der Waals surface area contributed by atoms with E-state index >= 15 is 0 Å². The maximum atomic E-state index is 4.50. The lowest BCUT2D eigenvalue weighted by Gasteiger charge is -2.20. The number of likely N-dealkylation sites (N-methyl/N-ethyl adjacent to an activating group) is 1. The van der Waals surface area contributed by atoms with Gasteiger partial charge in [-0.1, -0.05) is 27.7 Å². The number of rotatable bonds is 6. The van der Waals surface area contributed by atoms with Gasteiger partial charge in [0.05, 0.1) is 0 Å². The van der Waals surface area contributed by atoms with E-state index in [-0.39, 0.29) is 0 Å². The van der Waals surface area contributed by atoms with E-state index < -0.39 is 0 Å². The van der Waals surface area contributed by atoms with Crippen LogP contribution >= 0.6 is 11.5 Å². The Kier molecular flexibility index (Phi) is 5.19. The molecule has 1 aromatic heterocycles. The summed E-state index contributed by atoms with van der Waals surface area (Å²) in [6.45, 7) is 9.75. The second kappa shape index (κ2) is 6.18. The molecular weight excluding hydrogens is 206 g/mol. The SMILES string of the molecule is CCNC(Cc1nc(CC)ns1)C(C)C. The van der Waals surface area contributed by atoms with Crippen molar-refractivity contribution in [2.75, 3.05) is 6.54 Å². The van der Waals surface area contributed by atoms with Gasteiger partial charge in [0.25, 0.3) is 0 Å². The van der Waals surface area contributed by atoms with Gasteiger partial charge >= 0.3 is 0 Å². The summed E-state index contributed by atoms with van der Waals surface area (Å²) < 4.78 is 4.31. The Balaban J connectivity index is 2.57. The zero-order chi connectivity index (χ0) is 11.3. The summed E-state index contributed by atoms with van der Waals surface area (Å²) in [6, 6.07) is 0.521. The van der Waals surface area contributed by atoms with Gasteiger partial charge in [0.1, 0.15) is 10.8 Å². The maximum Gasteiger partial charge on any atom is 0.142 e. The van der Waals surface area contributed by atoms with Crippen LogP contribution in [0.1, 0.15) is 38.5 Å². The second-order valence-corrected chi connectivity index (χ2v) is 4.91. The number of nitrogens with zero attached hydrogens (tertiary/aromatic N) is 2. The summed E-state index contributed by atoms with van der Waals surface area (Å²) >= 11 is 1.54. The molecule has 4 heteroatoms. The third-order valence-electron chi connectivity index (χ3n) is 2.49. The van der Waals surface area contributed by atoms with Crippen LogP contribution in [-0.4, -0.2) is 21.9 Å². The Morgan fingerprint density at radius 2 is 2.07 bits per heavy atom. The third kappa shape index (κ3) is 3.87. The molecule has 15 heavy (non-hydrogen) atoms. The molecule has 0 saturated heterocycles. The van der Waals surface area contributed by atoms with Crippen LogP contribution in [0.5, 0.6) is 0 Å². The highest BCUT2D eigenvalue weighted by atomic mass is 32.1. The molecule has 0 bridgehead atoms. The van der Waals surface area contributed by atoms with Crippen LogP contribution in [0.4, 0.5) is 0 Å². The first-order valence-corrected chi connectivity index (χ1v) is 6.49. The van der Waals surface area contributed by atoms with Crippen LogP contribution in [0.15, 0.2) is 0 Å². The molecule has 1 aromatic rings. The van der Waals surface area contributed by atoms with Gasteiger partial charge in [0.15, 0.2) is 0 Å². The Labute approximate surface area is 96.5 Å². The zero-order valence-corrected chi connectivity index (χ0v) is 10.9. The fourth-order valence-electron chi connectivity index (χ4n) is 1.51. The van der Waals surface area contributed by atoms with Crippen LogP contribution in [0, 0.1) is 5.92 Å². The molecule has 3 nitrogen and oxygen atoms in total. The number of aryl methyl sites for hydroxylation is 1. The molecule has 1 heterocycles. The van der Waals surface area contributed by atoms with Crippen LogP contribution < -0.4 is 5.32 Å². The molecule has 0 aromatic carbocycles. The molecule has 1 unspecified atom stereocenters. The average Bonchev–Trinajstić information content (AvgIpc) is 2.65. The van der Waals surface area contributed by atoms with Gasteiger partial charge in [-0.3, -0.25) is 0 Å². The summed E-state index contributed by atoms with van der Waals surface area (Å²) in [6.07, 6.45) is 1.94. The molecule has 0 amide bonds. The highest BCUT2D eigenvalue weighted by Crippen LogP contribution is 2.12. The normalized spacial score (nSPS) is 13.4. The minimum absolute atomic E-state index is 0.521. The van der Waals surface area contributed by atoms with Crippen LogP contribution in [0.25, 0.3) is 0 Å². The average molecular weight is 227 g/mol. The molecule has 86 valence electrons. The van der Waals surface area contributed by atoms with Crippen molar-refractivity contribution in [2.45, 2.75) is 46.6 Å². The first kappa shape index (κ1) is 12.6. The lowest BCUT2D eigenvalue weighted by Crippen LogP contribution is -2.35. The van der Waals surface area contributed by atoms with Gasteiger partial charge in [-0.05, 0) is 24.0 Å². The van der Waals surface area contributed by atoms with E-state index in [2.05, 4.69) is 42.4 Å². The monoisotopic (exact) mass is 227 g/mol. The van der Waals surface area contributed by atoms with Crippen molar-refractivity contribution in [2.24, 2.45) is 5.92 Å². The standard InChI is InChI=1S/C11H21N3S/c1-5-10-13-11(15-14-10)7-9(8(3)4)12-6-2/h8-9,12H,5-7H2,1-4H3. The number of hydrogen-bond donors (Lipinski definition) is 1. The van der Waals surface area contributed by atoms with E-state index in [1.807, 2.05) is 0 Å². The van der Waals surface area contributed by atoms with Crippen LogP contribution in [0.2, 0.25) is 0 Å². The minimum atomic E-state index is 0.521. The Morgan fingerprint density at radius 3 is 2.53 bits per heavy atom. The third-order valence-corrected chi connectivity index (χ3v) is 3.26. The van der Waals surface area contributed by atoms with E-state index in [0.29, 0.717) is 12.0 Å². The van der Waals surface area contributed by atoms with Gasteiger partial charge in [0.2, 0.25) is 0 Å². The maximum absolute atomic E-state index is 4.50. The van der Waals surface area contributed by atoms with E-state index in [1.165, 1.54) is 0 Å². The molecule has 0 fully saturated rings. The first-order chi connectivity index (χ1) is 7.17. The zero-order valence-electron chi connectivity index (χ0n) is 10.1. The molecule has 0 aliphatic carbocycles. The van der Waals surface area contributed by atoms with Gasteiger partial charge < -0.3 is 5.32 Å². The smallest absolute Gasteiger partial charge is 0.142 e. The van der Waals surface area contributed by atoms with Crippen molar-refractivity contribution in [3.63, 3.8) is 0 Å². The van der Waals surface area contributed by atoms with Gasteiger partial charge in [-0.25, -0.2) is 4.98 Å². The predicted octanol–water partition coefficient (Wildman–Crippen LogP) is 2.28. The largest absolute Gasteiger partial charge is 0.314 e. The highest BCUT2D eigenvalue weighted by molar-refractivity contribution is 7.05. The highest BCUT2D eigenvalue weighted by Gasteiger charge is 2.15.